The first-order valence-electron chi connectivity index (χ1n) is 6.40. The summed E-state index contributed by atoms with van der Waals surface area (Å²) in [5, 5.41) is 6.14. The molecule has 0 unspecified atom stereocenters. The minimum atomic E-state index is 0.267. The van der Waals surface area contributed by atoms with Crippen molar-refractivity contribution in [2.75, 3.05) is 43.2 Å². The van der Waals surface area contributed by atoms with E-state index in [4.69, 9.17) is 10.5 Å². The van der Waals surface area contributed by atoms with E-state index in [1.54, 1.807) is 7.05 Å². The number of hydrogen-bond acceptors (Lipinski definition) is 6. The number of nitrogen functional groups attached to an aromatic ring is 1. The number of aromatic nitrogens is 2. The molecule has 1 rings (SSSR count). The molecule has 0 saturated carbocycles. The Morgan fingerprint density at radius 2 is 1.94 bits per heavy atom. The zero-order valence-electron chi connectivity index (χ0n) is 11.2. The van der Waals surface area contributed by atoms with E-state index < -0.39 is 0 Å². The highest BCUT2D eigenvalue weighted by molar-refractivity contribution is 5.50. The van der Waals surface area contributed by atoms with Crippen molar-refractivity contribution in [3.05, 3.63) is 6.07 Å². The maximum absolute atomic E-state index is 5.59. The fourth-order valence-corrected chi connectivity index (χ4v) is 1.42. The molecule has 0 bridgehead atoms. The molecule has 18 heavy (non-hydrogen) atoms. The first-order chi connectivity index (χ1) is 8.76. The number of hydrogen-bond donors (Lipinski definition) is 3. The van der Waals surface area contributed by atoms with Crippen molar-refractivity contribution < 1.29 is 4.74 Å². The molecule has 0 aromatic carbocycles. The Hall–Kier alpha value is -1.56. The molecule has 0 aliphatic carbocycles. The third-order valence-electron chi connectivity index (χ3n) is 2.41. The number of unbranched alkanes of at least 4 members (excludes halogenated alkanes) is 1. The van der Waals surface area contributed by atoms with Gasteiger partial charge in [0.1, 0.15) is 11.6 Å². The van der Waals surface area contributed by atoms with Crippen LogP contribution in [0.4, 0.5) is 17.6 Å². The summed E-state index contributed by atoms with van der Waals surface area (Å²) in [4.78, 5) is 8.13. The summed E-state index contributed by atoms with van der Waals surface area (Å²) in [6.45, 7) is 4.59. The molecule has 1 aromatic rings. The molecular formula is C12H23N5O. The van der Waals surface area contributed by atoms with Gasteiger partial charge in [0, 0.05) is 32.9 Å². The van der Waals surface area contributed by atoms with E-state index in [2.05, 4.69) is 27.5 Å². The highest BCUT2D eigenvalue weighted by atomic mass is 16.5. The summed E-state index contributed by atoms with van der Waals surface area (Å²) in [5.74, 6) is 1.72. The zero-order chi connectivity index (χ0) is 13.2. The molecule has 6 nitrogen and oxygen atoms in total. The molecule has 0 radical (unpaired) electrons. The van der Waals surface area contributed by atoms with Crippen LogP contribution in [-0.2, 0) is 4.74 Å². The van der Waals surface area contributed by atoms with Crippen LogP contribution in [0.3, 0.4) is 0 Å². The van der Waals surface area contributed by atoms with Crippen LogP contribution in [0.1, 0.15) is 26.2 Å². The second-order valence-corrected chi connectivity index (χ2v) is 3.99. The van der Waals surface area contributed by atoms with Gasteiger partial charge in [-0.25, -0.2) is 0 Å². The predicted octanol–water partition coefficient (Wildman–Crippen LogP) is 1.72. The van der Waals surface area contributed by atoms with E-state index in [0.717, 1.165) is 38.4 Å². The molecule has 0 atom stereocenters. The third kappa shape index (κ3) is 5.67. The van der Waals surface area contributed by atoms with Crippen LogP contribution >= 0.6 is 0 Å². The van der Waals surface area contributed by atoms with Crippen molar-refractivity contribution >= 4 is 17.6 Å². The summed E-state index contributed by atoms with van der Waals surface area (Å²) in [7, 11) is 1.80. The summed E-state index contributed by atoms with van der Waals surface area (Å²) < 4.78 is 5.47. The van der Waals surface area contributed by atoms with Crippen LogP contribution in [0.25, 0.3) is 0 Å². The number of nitrogens with two attached hydrogens (primary N) is 1. The van der Waals surface area contributed by atoms with Gasteiger partial charge in [0.2, 0.25) is 5.95 Å². The van der Waals surface area contributed by atoms with E-state index in [1.165, 1.54) is 6.42 Å². The minimum absolute atomic E-state index is 0.267. The monoisotopic (exact) mass is 253 g/mol. The van der Waals surface area contributed by atoms with Gasteiger partial charge in [-0.15, -0.1) is 0 Å². The molecule has 4 N–H and O–H groups in total. The van der Waals surface area contributed by atoms with E-state index in [1.807, 2.05) is 6.07 Å². The van der Waals surface area contributed by atoms with Crippen LogP contribution in [0.2, 0.25) is 0 Å². The van der Waals surface area contributed by atoms with Gasteiger partial charge in [-0.1, -0.05) is 13.3 Å². The SMILES string of the molecule is CCCCOCCCNc1cc(NC)nc(N)n1. The molecular weight excluding hydrogens is 230 g/mol. The van der Waals surface area contributed by atoms with Gasteiger partial charge in [0.05, 0.1) is 0 Å². The second kappa shape index (κ2) is 8.52. The third-order valence-corrected chi connectivity index (χ3v) is 2.41. The Balaban J connectivity index is 2.20. The number of nitrogens with one attached hydrogen (secondary N) is 2. The topological polar surface area (TPSA) is 85.1 Å². The number of nitrogens with zero attached hydrogens (tertiary/aromatic N) is 2. The molecule has 1 heterocycles. The Labute approximate surface area is 108 Å². The van der Waals surface area contributed by atoms with Crippen molar-refractivity contribution in [2.24, 2.45) is 0 Å². The van der Waals surface area contributed by atoms with Crippen molar-refractivity contribution in [3.8, 4) is 0 Å². The maximum Gasteiger partial charge on any atom is 0.223 e. The summed E-state index contributed by atoms with van der Waals surface area (Å²) in [6, 6.07) is 1.83. The normalized spacial score (nSPS) is 10.3. The summed E-state index contributed by atoms with van der Waals surface area (Å²) in [5.41, 5.74) is 5.59. The molecule has 0 fully saturated rings. The van der Waals surface area contributed by atoms with Gasteiger partial charge in [-0.3, -0.25) is 0 Å². The van der Waals surface area contributed by atoms with Gasteiger partial charge >= 0.3 is 0 Å². The molecule has 102 valence electrons. The lowest BCUT2D eigenvalue weighted by Crippen LogP contribution is -2.09. The molecule has 0 aliphatic rings. The van der Waals surface area contributed by atoms with E-state index in [9.17, 15) is 0 Å². The Bertz CT molecular complexity index is 345. The largest absolute Gasteiger partial charge is 0.381 e. The number of rotatable bonds is 9. The van der Waals surface area contributed by atoms with Gasteiger partial charge < -0.3 is 21.1 Å². The molecule has 1 aromatic heterocycles. The maximum atomic E-state index is 5.59. The highest BCUT2D eigenvalue weighted by Gasteiger charge is 2.00. The number of anilines is 3. The standard InChI is InChI=1S/C12H23N5O/c1-3-4-7-18-8-5-6-15-11-9-10(14-2)16-12(13)17-11/h9H,3-8H2,1-2H3,(H4,13,14,15,16,17). The van der Waals surface area contributed by atoms with Crippen LogP contribution in [-0.4, -0.2) is 36.8 Å². The summed E-state index contributed by atoms with van der Waals surface area (Å²) in [6.07, 6.45) is 3.25. The van der Waals surface area contributed by atoms with Gasteiger partial charge in [-0.05, 0) is 12.8 Å². The molecule has 0 saturated heterocycles. The number of ether oxygens (including phenoxy) is 1. The van der Waals surface area contributed by atoms with Gasteiger partial charge in [0.25, 0.3) is 0 Å². The molecule has 0 spiro atoms. The zero-order valence-corrected chi connectivity index (χ0v) is 11.2. The first kappa shape index (κ1) is 14.5. The average Bonchev–Trinajstić information content (AvgIpc) is 2.37. The lowest BCUT2D eigenvalue weighted by molar-refractivity contribution is 0.131. The van der Waals surface area contributed by atoms with Crippen molar-refractivity contribution in [3.63, 3.8) is 0 Å². The van der Waals surface area contributed by atoms with Crippen LogP contribution in [0.5, 0.6) is 0 Å². The Morgan fingerprint density at radius 1 is 1.22 bits per heavy atom. The lowest BCUT2D eigenvalue weighted by Gasteiger charge is -2.08. The lowest BCUT2D eigenvalue weighted by atomic mass is 10.3. The molecule has 0 aliphatic heterocycles. The quantitative estimate of drug-likeness (QED) is 0.581. The van der Waals surface area contributed by atoms with Crippen molar-refractivity contribution in [1.29, 1.82) is 0 Å². The second-order valence-electron chi connectivity index (χ2n) is 3.99. The molecule has 0 amide bonds. The summed E-state index contributed by atoms with van der Waals surface area (Å²) >= 11 is 0. The fraction of sp³-hybridized carbons (Fsp3) is 0.667. The first-order valence-corrected chi connectivity index (χ1v) is 6.40. The predicted molar refractivity (Wildman–Crippen MR) is 74.8 cm³/mol. The van der Waals surface area contributed by atoms with Crippen LogP contribution < -0.4 is 16.4 Å². The van der Waals surface area contributed by atoms with Gasteiger partial charge in [-0.2, -0.15) is 9.97 Å². The smallest absolute Gasteiger partial charge is 0.223 e. The van der Waals surface area contributed by atoms with Crippen LogP contribution in [0, 0.1) is 0 Å². The van der Waals surface area contributed by atoms with Crippen molar-refractivity contribution in [2.45, 2.75) is 26.2 Å². The van der Waals surface area contributed by atoms with E-state index in [0.29, 0.717) is 5.82 Å². The van der Waals surface area contributed by atoms with Crippen LogP contribution in [0.15, 0.2) is 6.07 Å². The molecule has 6 heteroatoms. The highest BCUT2D eigenvalue weighted by Crippen LogP contribution is 2.11. The van der Waals surface area contributed by atoms with E-state index in [-0.39, 0.29) is 5.95 Å². The Morgan fingerprint density at radius 3 is 2.67 bits per heavy atom. The minimum Gasteiger partial charge on any atom is -0.381 e. The van der Waals surface area contributed by atoms with E-state index >= 15 is 0 Å². The Kier molecular flexibility index (Phi) is 6.86. The van der Waals surface area contributed by atoms with Crippen molar-refractivity contribution in [1.82, 2.24) is 9.97 Å². The average molecular weight is 253 g/mol. The van der Waals surface area contributed by atoms with Gasteiger partial charge in [0.15, 0.2) is 0 Å². The fourth-order valence-electron chi connectivity index (χ4n) is 1.42.